The van der Waals surface area contributed by atoms with Crippen LogP contribution in [0.25, 0.3) is 97.7 Å². The molecule has 0 atom stereocenters. The average molecular weight is 784 g/mol. The van der Waals surface area contributed by atoms with Crippen LogP contribution >= 0.6 is 0 Å². The third-order valence-corrected chi connectivity index (χ3v) is 13.8. The van der Waals surface area contributed by atoms with Crippen LogP contribution in [-0.4, -0.2) is 8.80 Å². The van der Waals surface area contributed by atoms with Crippen molar-refractivity contribution in [1.29, 1.82) is 0 Å². The highest BCUT2D eigenvalue weighted by atomic mass is 15.2. The summed E-state index contributed by atoms with van der Waals surface area (Å²) in [5.74, 6) is 0. The van der Waals surface area contributed by atoms with Crippen LogP contribution in [0, 0.1) is 0 Å². The summed E-state index contributed by atoms with van der Waals surface area (Å²) in [6.07, 6.45) is 0. The van der Waals surface area contributed by atoms with Crippen molar-refractivity contribution in [1.82, 2.24) is 8.80 Å². The number of para-hydroxylation sites is 2. The molecule has 0 aliphatic carbocycles. The lowest BCUT2D eigenvalue weighted by atomic mass is 9.85. The van der Waals surface area contributed by atoms with Gasteiger partial charge in [-0.1, -0.05) is 133 Å². The van der Waals surface area contributed by atoms with Crippen LogP contribution in [0.15, 0.2) is 164 Å². The van der Waals surface area contributed by atoms with Gasteiger partial charge in [0.15, 0.2) is 0 Å². The highest BCUT2D eigenvalue weighted by molar-refractivity contribution is 6.41. The van der Waals surface area contributed by atoms with E-state index < -0.39 is 0 Å². The van der Waals surface area contributed by atoms with Crippen molar-refractivity contribution in [2.75, 3.05) is 4.90 Å². The monoisotopic (exact) mass is 783 g/mol. The van der Waals surface area contributed by atoms with E-state index >= 15 is 0 Å². The summed E-state index contributed by atoms with van der Waals surface area (Å²) in [6, 6.07) is 61.8. The smallest absolute Gasteiger partial charge is 0.0783 e. The molecule has 13 aromatic rings. The van der Waals surface area contributed by atoms with Gasteiger partial charge in [0.2, 0.25) is 0 Å². The Bertz CT molecular complexity index is 3890. The number of aromatic nitrogens is 2. The molecule has 4 aromatic heterocycles. The third-order valence-electron chi connectivity index (χ3n) is 13.8. The quantitative estimate of drug-likeness (QED) is 0.174. The molecule has 0 N–H and O–H groups in total. The molecule has 3 heteroatoms. The van der Waals surface area contributed by atoms with Gasteiger partial charge in [-0.25, -0.2) is 0 Å². The van der Waals surface area contributed by atoms with Crippen molar-refractivity contribution in [3.63, 3.8) is 0 Å². The minimum Gasteiger partial charge on any atom is -0.308 e. The molecule has 0 fully saturated rings. The summed E-state index contributed by atoms with van der Waals surface area (Å²) >= 11 is 0. The molecule has 13 rings (SSSR count). The molecule has 4 heterocycles. The van der Waals surface area contributed by atoms with Gasteiger partial charge in [0.25, 0.3) is 0 Å². The molecule has 0 radical (unpaired) electrons. The summed E-state index contributed by atoms with van der Waals surface area (Å²) in [5.41, 5.74) is 13.7. The Morgan fingerprint density at radius 2 is 0.852 bits per heavy atom. The molecule has 3 nitrogen and oxygen atoms in total. The zero-order valence-corrected chi connectivity index (χ0v) is 35.4. The fourth-order valence-corrected chi connectivity index (χ4v) is 10.9. The topological polar surface area (TPSA) is 12.1 Å². The SMILES string of the molecule is CC(C)(C)c1ccc2c(c1)c1cc3ccccc3c3c4c5c6cc7ccccc7c7c8cc(C(C)(C)C)cc(N(c9ccccc9)c9ccccc9)c8n(c5ccc4n2c13)c67. The van der Waals surface area contributed by atoms with Crippen LogP contribution in [0.5, 0.6) is 0 Å². The summed E-state index contributed by atoms with van der Waals surface area (Å²) < 4.78 is 5.21. The standard InChI is InChI=1S/C58H45N3/c1-57(2,3)36-25-26-46-42(31-36)43-29-34-17-14-16-24-41(34)52-53-48(60(46)55(43)52)28-27-47-51(53)44-30-35-18-13-15-23-40(35)50-45-32-37(58(4,5)6)33-49(54(45)61(47)56(44)50)59(38-19-9-7-10-20-38)39-21-11-8-12-22-39/h7-33H,1-6H3. The van der Waals surface area contributed by atoms with Gasteiger partial charge in [0, 0.05) is 54.5 Å². The zero-order chi connectivity index (χ0) is 41.1. The normalized spacial score (nSPS) is 13.1. The summed E-state index contributed by atoms with van der Waals surface area (Å²) in [6.45, 7) is 14.0. The van der Waals surface area contributed by atoms with Gasteiger partial charge >= 0.3 is 0 Å². The lowest BCUT2D eigenvalue weighted by Crippen LogP contribution is -2.15. The van der Waals surface area contributed by atoms with Crippen molar-refractivity contribution in [2.45, 2.75) is 52.4 Å². The molecule has 0 spiro atoms. The molecule has 292 valence electrons. The Balaban J connectivity index is 1.29. The summed E-state index contributed by atoms with van der Waals surface area (Å²) in [7, 11) is 0. The lowest BCUT2D eigenvalue weighted by molar-refractivity contribution is 0.591. The maximum absolute atomic E-state index is 2.63. The summed E-state index contributed by atoms with van der Waals surface area (Å²) in [5, 5.41) is 15.7. The van der Waals surface area contributed by atoms with Crippen molar-refractivity contribution < 1.29 is 0 Å². The molecule has 0 saturated heterocycles. The third kappa shape index (κ3) is 4.58. The first-order valence-electron chi connectivity index (χ1n) is 21.7. The molecule has 0 bridgehead atoms. The van der Waals surface area contributed by atoms with E-state index in [2.05, 4.69) is 219 Å². The van der Waals surface area contributed by atoms with Crippen LogP contribution in [0.3, 0.4) is 0 Å². The minimum absolute atomic E-state index is 0.0476. The Morgan fingerprint density at radius 1 is 0.344 bits per heavy atom. The molecule has 0 unspecified atom stereocenters. The Hall–Kier alpha value is -7.10. The van der Waals surface area contributed by atoms with Gasteiger partial charge in [-0.3, -0.25) is 0 Å². The van der Waals surface area contributed by atoms with Crippen molar-refractivity contribution in [2.24, 2.45) is 0 Å². The van der Waals surface area contributed by atoms with Gasteiger partial charge in [0.1, 0.15) is 0 Å². The van der Waals surface area contributed by atoms with Crippen LogP contribution in [0.4, 0.5) is 17.1 Å². The number of fused-ring (bicyclic) bond motifs is 17. The van der Waals surface area contributed by atoms with Gasteiger partial charge in [0.05, 0.1) is 38.8 Å². The predicted octanol–water partition coefficient (Wildman–Crippen LogP) is 16.4. The number of benzene rings is 9. The molecular weight excluding hydrogens is 739 g/mol. The van der Waals surface area contributed by atoms with Crippen LogP contribution < -0.4 is 4.90 Å². The second-order valence-corrected chi connectivity index (χ2v) is 19.4. The van der Waals surface area contributed by atoms with Gasteiger partial charge < -0.3 is 13.7 Å². The van der Waals surface area contributed by atoms with Crippen LogP contribution in [0.1, 0.15) is 52.7 Å². The van der Waals surface area contributed by atoms with Crippen LogP contribution in [-0.2, 0) is 10.8 Å². The maximum atomic E-state index is 2.63. The predicted molar refractivity (Wildman–Crippen MR) is 263 cm³/mol. The Morgan fingerprint density at radius 3 is 1.49 bits per heavy atom. The lowest BCUT2D eigenvalue weighted by Gasteiger charge is -2.29. The first-order chi connectivity index (χ1) is 29.6. The molecule has 61 heavy (non-hydrogen) atoms. The average Bonchev–Trinajstić information content (AvgIpc) is 3.99. The van der Waals surface area contributed by atoms with Crippen molar-refractivity contribution in [3.8, 4) is 0 Å². The van der Waals surface area contributed by atoms with E-state index in [0.717, 1.165) is 11.4 Å². The summed E-state index contributed by atoms with van der Waals surface area (Å²) in [4.78, 5) is 2.48. The van der Waals surface area contributed by atoms with E-state index in [4.69, 9.17) is 0 Å². The second kappa shape index (κ2) is 11.8. The van der Waals surface area contributed by atoms with E-state index in [1.807, 2.05) is 0 Å². The first kappa shape index (κ1) is 34.7. The number of hydrogen-bond donors (Lipinski definition) is 0. The van der Waals surface area contributed by atoms with E-state index in [0.29, 0.717) is 0 Å². The molecule has 0 amide bonds. The van der Waals surface area contributed by atoms with E-state index in [-0.39, 0.29) is 10.8 Å². The Kier molecular flexibility index (Phi) is 6.72. The largest absolute Gasteiger partial charge is 0.308 e. The first-order valence-corrected chi connectivity index (χ1v) is 21.7. The fraction of sp³-hybridized carbons (Fsp3) is 0.138. The molecule has 9 aromatic carbocycles. The number of anilines is 3. The van der Waals surface area contributed by atoms with Gasteiger partial charge in [-0.2, -0.15) is 0 Å². The van der Waals surface area contributed by atoms with E-state index in [9.17, 15) is 0 Å². The molecular formula is C58H45N3. The van der Waals surface area contributed by atoms with Crippen LogP contribution in [0.2, 0.25) is 0 Å². The van der Waals surface area contributed by atoms with Gasteiger partial charge in [-0.05, 0) is 116 Å². The van der Waals surface area contributed by atoms with Gasteiger partial charge in [-0.15, -0.1) is 0 Å². The molecule has 0 aliphatic heterocycles. The highest BCUT2D eigenvalue weighted by Gasteiger charge is 2.30. The maximum Gasteiger partial charge on any atom is 0.0783 e. The number of hydrogen-bond acceptors (Lipinski definition) is 1. The minimum atomic E-state index is -0.0870. The fourth-order valence-electron chi connectivity index (χ4n) is 10.9. The van der Waals surface area contributed by atoms with Crippen molar-refractivity contribution >= 4 is 115 Å². The Labute approximate surface area is 354 Å². The second-order valence-electron chi connectivity index (χ2n) is 19.4. The van der Waals surface area contributed by atoms with E-state index in [1.54, 1.807) is 0 Å². The van der Waals surface area contributed by atoms with Crippen molar-refractivity contribution in [3.05, 3.63) is 175 Å². The number of rotatable bonds is 3. The highest BCUT2D eigenvalue weighted by Crippen LogP contribution is 2.53. The number of nitrogens with zero attached hydrogens (tertiary/aromatic N) is 3. The zero-order valence-electron chi connectivity index (χ0n) is 35.4. The molecule has 0 saturated carbocycles. The molecule has 0 aliphatic rings. The van der Waals surface area contributed by atoms with E-state index in [1.165, 1.54) is 115 Å².